The Labute approximate surface area is 130 Å². The van der Waals surface area contributed by atoms with Gasteiger partial charge in [0.15, 0.2) is 18.1 Å². The molecule has 0 bridgehead atoms. The van der Waals surface area contributed by atoms with Crippen LogP contribution in [-0.4, -0.2) is 64.0 Å². The van der Waals surface area contributed by atoms with E-state index in [1.54, 1.807) is 19.2 Å². The van der Waals surface area contributed by atoms with Crippen molar-refractivity contribution < 1.29 is 23.8 Å². The van der Waals surface area contributed by atoms with Gasteiger partial charge in [-0.15, -0.1) is 0 Å². The molecule has 7 heteroatoms. The minimum Gasteiger partial charge on any atom is -0.493 e. The van der Waals surface area contributed by atoms with Crippen LogP contribution < -0.4 is 15.0 Å². The van der Waals surface area contributed by atoms with Crippen LogP contribution in [0.25, 0.3) is 0 Å². The molecule has 1 saturated heterocycles. The first-order valence-corrected chi connectivity index (χ1v) is 7.26. The Morgan fingerprint density at radius 1 is 1.27 bits per heavy atom. The average molecular weight is 310 g/mol. The molecule has 0 spiro atoms. The van der Waals surface area contributed by atoms with Gasteiger partial charge in [-0.1, -0.05) is 12.1 Å². The molecule has 0 saturated carbocycles. The Hall–Kier alpha value is -1.83. The molecule has 122 valence electrons. The Bertz CT molecular complexity index is 463. The SMILES string of the molecule is COc1ccccc1OCC(=O)NOCCN1CCOCC1. The number of para-hydroxylation sites is 2. The smallest absolute Gasteiger partial charge is 0.281 e. The lowest BCUT2D eigenvalue weighted by Gasteiger charge is -2.26. The summed E-state index contributed by atoms with van der Waals surface area (Å²) in [5, 5.41) is 0. The average Bonchev–Trinajstić information content (AvgIpc) is 2.58. The van der Waals surface area contributed by atoms with E-state index in [0.717, 1.165) is 32.8 Å². The van der Waals surface area contributed by atoms with E-state index >= 15 is 0 Å². The van der Waals surface area contributed by atoms with Crippen molar-refractivity contribution in [2.45, 2.75) is 0 Å². The fourth-order valence-corrected chi connectivity index (χ4v) is 2.04. The van der Waals surface area contributed by atoms with E-state index in [0.29, 0.717) is 18.1 Å². The summed E-state index contributed by atoms with van der Waals surface area (Å²) in [5.74, 6) is 0.768. The third kappa shape index (κ3) is 5.51. The van der Waals surface area contributed by atoms with Gasteiger partial charge in [0.2, 0.25) is 0 Å². The predicted octanol–water partition coefficient (Wildman–Crippen LogP) is 0.454. The van der Waals surface area contributed by atoms with Crippen molar-refractivity contribution in [3.05, 3.63) is 24.3 Å². The van der Waals surface area contributed by atoms with E-state index in [1.807, 2.05) is 12.1 Å². The van der Waals surface area contributed by atoms with Crippen LogP contribution in [0.5, 0.6) is 11.5 Å². The minimum atomic E-state index is -0.340. The number of ether oxygens (including phenoxy) is 3. The van der Waals surface area contributed by atoms with Crippen molar-refractivity contribution in [3.8, 4) is 11.5 Å². The van der Waals surface area contributed by atoms with Gasteiger partial charge in [0.1, 0.15) is 0 Å². The zero-order valence-electron chi connectivity index (χ0n) is 12.7. The normalized spacial score (nSPS) is 15.3. The predicted molar refractivity (Wildman–Crippen MR) is 79.8 cm³/mol. The molecule has 0 unspecified atom stereocenters. The molecule has 1 amide bonds. The summed E-state index contributed by atoms with van der Waals surface area (Å²) < 4.78 is 15.8. The summed E-state index contributed by atoms with van der Waals surface area (Å²) in [6.45, 7) is 4.36. The number of nitrogens with zero attached hydrogens (tertiary/aromatic N) is 1. The molecule has 0 radical (unpaired) electrons. The summed E-state index contributed by atoms with van der Waals surface area (Å²) in [5.41, 5.74) is 2.37. The molecule has 1 fully saturated rings. The van der Waals surface area contributed by atoms with Crippen LogP contribution in [0, 0.1) is 0 Å². The van der Waals surface area contributed by atoms with Gasteiger partial charge in [0.25, 0.3) is 5.91 Å². The zero-order chi connectivity index (χ0) is 15.6. The van der Waals surface area contributed by atoms with Crippen molar-refractivity contribution in [2.24, 2.45) is 0 Å². The largest absolute Gasteiger partial charge is 0.493 e. The summed E-state index contributed by atoms with van der Waals surface area (Å²) in [4.78, 5) is 19.0. The van der Waals surface area contributed by atoms with Crippen LogP contribution in [0.2, 0.25) is 0 Å². The van der Waals surface area contributed by atoms with Crippen molar-refractivity contribution in [1.29, 1.82) is 0 Å². The molecule has 0 aliphatic carbocycles. The Balaban J connectivity index is 1.59. The minimum absolute atomic E-state index is 0.127. The number of hydroxylamine groups is 1. The van der Waals surface area contributed by atoms with E-state index in [-0.39, 0.29) is 12.5 Å². The number of hydrogen-bond donors (Lipinski definition) is 1. The highest BCUT2D eigenvalue weighted by Gasteiger charge is 2.10. The van der Waals surface area contributed by atoms with Crippen LogP contribution >= 0.6 is 0 Å². The van der Waals surface area contributed by atoms with Gasteiger partial charge < -0.3 is 14.2 Å². The van der Waals surface area contributed by atoms with Gasteiger partial charge in [-0.05, 0) is 12.1 Å². The standard InChI is InChI=1S/C15H22N2O5/c1-19-13-4-2-3-5-14(13)21-12-15(18)16-22-11-8-17-6-9-20-10-7-17/h2-5H,6-12H2,1H3,(H,16,18). The van der Waals surface area contributed by atoms with E-state index in [1.165, 1.54) is 0 Å². The summed E-state index contributed by atoms with van der Waals surface area (Å²) in [6.07, 6.45) is 0. The van der Waals surface area contributed by atoms with Gasteiger partial charge >= 0.3 is 0 Å². The number of carbonyl (C=O) groups excluding carboxylic acids is 1. The first-order chi connectivity index (χ1) is 10.8. The van der Waals surface area contributed by atoms with Crippen LogP contribution in [0.1, 0.15) is 0 Å². The molecule has 1 aromatic rings. The number of rotatable bonds is 8. The highest BCUT2D eigenvalue weighted by Crippen LogP contribution is 2.25. The van der Waals surface area contributed by atoms with E-state index in [2.05, 4.69) is 10.4 Å². The maximum absolute atomic E-state index is 11.6. The van der Waals surface area contributed by atoms with Gasteiger partial charge in [-0.25, -0.2) is 5.48 Å². The quantitative estimate of drug-likeness (QED) is 0.555. The third-order valence-electron chi connectivity index (χ3n) is 3.23. The molecule has 1 aliphatic rings. The van der Waals surface area contributed by atoms with Gasteiger partial charge in [0.05, 0.1) is 26.9 Å². The van der Waals surface area contributed by atoms with E-state index in [4.69, 9.17) is 19.0 Å². The van der Waals surface area contributed by atoms with Crippen molar-refractivity contribution in [2.75, 3.05) is 53.2 Å². The monoisotopic (exact) mass is 310 g/mol. The summed E-state index contributed by atoms with van der Waals surface area (Å²) in [7, 11) is 1.55. The van der Waals surface area contributed by atoms with Crippen molar-refractivity contribution in [1.82, 2.24) is 10.4 Å². The third-order valence-corrected chi connectivity index (χ3v) is 3.23. The molecule has 0 atom stereocenters. The van der Waals surface area contributed by atoms with Crippen LogP contribution in [-0.2, 0) is 14.4 Å². The molecule has 1 heterocycles. The Morgan fingerprint density at radius 2 is 2.00 bits per heavy atom. The summed E-state index contributed by atoms with van der Waals surface area (Å²) >= 11 is 0. The van der Waals surface area contributed by atoms with Crippen molar-refractivity contribution >= 4 is 5.91 Å². The molecular weight excluding hydrogens is 288 g/mol. The molecule has 7 nitrogen and oxygen atoms in total. The lowest BCUT2D eigenvalue weighted by molar-refractivity contribution is -0.136. The molecule has 1 N–H and O–H groups in total. The van der Waals surface area contributed by atoms with E-state index in [9.17, 15) is 4.79 Å². The Morgan fingerprint density at radius 3 is 2.73 bits per heavy atom. The number of amides is 1. The number of benzene rings is 1. The maximum atomic E-state index is 11.6. The summed E-state index contributed by atoms with van der Waals surface area (Å²) in [6, 6.07) is 7.16. The first-order valence-electron chi connectivity index (χ1n) is 7.26. The molecular formula is C15H22N2O5. The molecule has 2 rings (SSSR count). The number of hydrogen-bond acceptors (Lipinski definition) is 6. The molecule has 22 heavy (non-hydrogen) atoms. The number of morpholine rings is 1. The second-order valence-corrected chi connectivity index (χ2v) is 4.77. The van der Waals surface area contributed by atoms with Gasteiger partial charge in [0, 0.05) is 19.6 Å². The van der Waals surface area contributed by atoms with Gasteiger partial charge in [-0.3, -0.25) is 14.5 Å². The van der Waals surface area contributed by atoms with Gasteiger partial charge in [-0.2, -0.15) is 0 Å². The highest BCUT2D eigenvalue weighted by atomic mass is 16.7. The zero-order valence-corrected chi connectivity index (χ0v) is 12.7. The second kappa shape index (κ2) is 9.24. The highest BCUT2D eigenvalue weighted by molar-refractivity contribution is 5.76. The lowest BCUT2D eigenvalue weighted by atomic mass is 10.3. The van der Waals surface area contributed by atoms with Crippen LogP contribution in [0.15, 0.2) is 24.3 Å². The van der Waals surface area contributed by atoms with Crippen LogP contribution in [0.3, 0.4) is 0 Å². The first kappa shape index (κ1) is 16.5. The Kier molecular flexibility index (Phi) is 6.95. The number of methoxy groups -OCH3 is 1. The van der Waals surface area contributed by atoms with Crippen LogP contribution in [0.4, 0.5) is 0 Å². The van der Waals surface area contributed by atoms with Crippen molar-refractivity contribution in [3.63, 3.8) is 0 Å². The maximum Gasteiger partial charge on any atom is 0.281 e. The fraction of sp³-hybridized carbons (Fsp3) is 0.533. The fourth-order valence-electron chi connectivity index (χ4n) is 2.04. The second-order valence-electron chi connectivity index (χ2n) is 4.77. The number of nitrogens with one attached hydrogen (secondary N) is 1. The topological polar surface area (TPSA) is 69.3 Å². The molecule has 1 aliphatic heterocycles. The molecule has 0 aromatic heterocycles. The lowest BCUT2D eigenvalue weighted by Crippen LogP contribution is -2.39. The van der Waals surface area contributed by atoms with E-state index < -0.39 is 0 Å². The molecule has 1 aromatic carbocycles. The number of carbonyl (C=O) groups is 1.